The third-order valence-electron chi connectivity index (χ3n) is 9.20. The quantitative estimate of drug-likeness (QED) is 0.695. The summed E-state index contributed by atoms with van der Waals surface area (Å²) in [4.78, 5) is 0. The Balaban J connectivity index is 1.65. The van der Waals surface area contributed by atoms with E-state index in [0.29, 0.717) is 36.2 Å². The van der Waals surface area contributed by atoms with Crippen LogP contribution in [0.1, 0.15) is 71.6 Å². The third kappa shape index (κ3) is 2.05. The van der Waals surface area contributed by atoms with Gasteiger partial charge in [0.2, 0.25) is 0 Å². The summed E-state index contributed by atoms with van der Waals surface area (Å²) in [5.74, 6) is 2.52. The molecule has 0 bridgehead atoms. The van der Waals surface area contributed by atoms with E-state index < -0.39 is 5.60 Å². The van der Waals surface area contributed by atoms with Crippen LogP contribution in [0, 0.1) is 34.5 Å². The van der Waals surface area contributed by atoms with Crippen molar-refractivity contribution in [1.29, 1.82) is 0 Å². The Labute approximate surface area is 140 Å². The van der Waals surface area contributed by atoms with E-state index in [1.165, 1.54) is 25.7 Å². The van der Waals surface area contributed by atoms with Gasteiger partial charge in [0.25, 0.3) is 0 Å². The maximum atomic E-state index is 11.4. The fraction of sp³-hybridized carbons (Fsp3) is 1.00. The second kappa shape index (κ2) is 5.19. The van der Waals surface area contributed by atoms with E-state index in [4.69, 9.17) is 0 Å². The van der Waals surface area contributed by atoms with E-state index in [0.717, 1.165) is 31.6 Å². The molecule has 3 nitrogen and oxygen atoms in total. The summed E-state index contributed by atoms with van der Waals surface area (Å²) in [6.45, 7) is 5.09. The van der Waals surface area contributed by atoms with Gasteiger partial charge in [0.1, 0.15) is 0 Å². The van der Waals surface area contributed by atoms with Crippen LogP contribution in [0.15, 0.2) is 0 Å². The topological polar surface area (TPSA) is 60.7 Å². The van der Waals surface area contributed by atoms with Crippen LogP contribution in [0.3, 0.4) is 0 Å². The lowest BCUT2D eigenvalue weighted by molar-refractivity contribution is -0.220. The first-order chi connectivity index (χ1) is 10.8. The minimum atomic E-state index is -0.658. The maximum Gasteiger partial charge on any atom is 0.0728 e. The highest BCUT2D eigenvalue weighted by molar-refractivity contribution is 5.14. The van der Waals surface area contributed by atoms with Gasteiger partial charge in [-0.15, -0.1) is 0 Å². The normalized spacial score (nSPS) is 59.1. The van der Waals surface area contributed by atoms with Crippen molar-refractivity contribution >= 4 is 0 Å². The lowest BCUT2D eigenvalue weighted by atomic mass is 9.43. The molecule has 3 N–H and O–H groups in total. The summed E-state index contributed by atoms with van der Waals surface area (Å²) in [5, 5.41) is 31.3. The predicted molar refractivity (Wildman–Crippen MR) is 89.8 cm³/mol. The molecule has 0 amide bonds. The van der Waals surface area contributed by atoms with E-state index >= 15 is 0 Å². The Morgan fingerprint density at radius 2 is 1.70 bits per heavy atom. The Morgan fingerprint density at radius 1 is 0.913 bits per heavy atom. The van der Waals surface area contributed by atoms with Gasteiger partial charge in [-0.25, -0.2) is 0 Å². The Hall–Kier alpha value is -0.120. The molecule has 4 fully saturated rings. The average molecular weight is 322 g/mol. The zero-order valence-corrected chi connectivity index (χ0v) is 14.8. The lowest BCUT2D eigenvalue weighted by Crippen LogP contribution is -2.62. The van der Waals surface area contributed by atoms with Crippen LogP contribution in [0.2, 0.25) is 0 Å². The van der Waals surface area contributed by atoms with E-state index in [1.54, 1.807) is 0 Å². The molecule has 0 spiro atoms. The average Bonchev–Trinajstić information content (AvgIpc) is 2.85. The van der Waals surface area contributed by atoms with Crippen molar-refractivity contribution in [2.75, 3.05) is 6.61 Å². The van der Waals surface area contributed by atoms with Crippen LogP contribution in [-0.4, -0.2) is 33.6 Å². The third-order valence-corrected chi connectivity index (χ3v) is 9.20. The van der Waals surface area contributed by atoms with Gasteiger partial charge in [-0.1, -0.05) is 13.8 Å². The standard InChI is InChI=1S/C20H34O3/c1-18-8-7-17-15(16(18)4-3-13(18)12-21)6-10-20(23)11-14(22)5-9-19(17,20)2/h13-17,21-23H,3-12H2,1-2H3/t13-,14-,15+,16+,17+,18-,19-,20-/m1/s1. The zero-order valence-electron chi connectivity index (χ0n) is 14.8. The molecule has 4 rings (SSSR count). The minimum Gasteiger partial charge on any atom is -0.396 e. The van der Waals surface area contributed by atoms with Crippen molar-refractivity contribution in [3.05, 3.63) is 0 Å². The molecule has 0 heterocycles. The molecule has 4 aliphatic rings. The highest BCUT2D eigenvalue weighted by Gasteiger charge is 2.64. The van der Waals surface area contributed by atoms with E-state index in [1.807, 2.05) is 0 Å². The van der Waals surface area contributed by atoms with Crippen molar-refractivity contribution in [2.24, 2.45) is 34.5 Å². The number of aliphatic hydroxyl groups excluding tert-OH is 2. The first kappa shape index (κ1) is 16.4. The number of rotatable bonds is 1. The van der Waals surface area contributed by atoms with Crippen LogP contribution in [-0.2, 0) is 0 Å². The van der Waals surface area contributed by atoms with E-state index in [-0.39, 0.29) is 11.5 Å². The summed E-state index contributed by atoms with van der Waals surface area (Å²) in [5.41, 5.74) is -0.363. The van der Waals surface area contributed by atoms with Gasteiger partial charge in [0, 0.05) is 13.0 Å². The lowest BCUT2D eigenvalue weighted by Gasteiger charge is -2.64. The molecule has 3 heteroatoms. The number of hydrogen-bond acceptors (Lipinski definition) is 3. The van der Waals surface area contributed by atoms with Crippen LogP contribution in [0.5, 0.6) is 0 Å². The van der Waals surface area contributed by atoms with Gasteiger partial charge in [0.15, 0.2) is 0 Å². The fourth-order valence-corrected chi connectivity index (χ4v) is 7.64. The molecule has 0 aliphatic heterocycles. The summed E-state index contributed by atoms with van der Waals surface area (Å²) in [7, 11) is 0. The first-order valence-corrected chi connectivity index (χ1v) is 9.85. The monoisotopic (exact) mass is 322 g/mol. The molecule has 0 saturated heterocycles. The van der Waals surface area contributed by atoms with Crippen LogP contribution < -0.4 is 0 Å². The predicted octanol–water partition coefficient (Wildman–Crippen LogP) is 3.11. The molecule has 4 aliphatic carbocycles. The van der Waals surface area contributed by atoms with Crippen molar-refractivity contribution in [3.63, 3.8) is 0 Å². The van der Waals surface area contributed by atoms with E-state index in [9.17, 15) is 15.3 Å². The zero-order chi connectivity index (χ0) is 16.5. The molecule has 0 aromatic heterocycles. The molecule has 4 saturated carbocycles. The Kier molecular flexibility index (Phi) is 3.69. The smallest absolute Gasteiger partial charge is 0.0728 e. The van der Waals surface area contributed by atoms with Crippen molar-refractivity contribution in [1.82, 2.24) is 0 Å². The Morgan fingerprint density at radius 3 is 2.43 bits per heavy atom. The van der Waals surface area contributed by atoms with Gasteiger partial charge in [-0.05, 0) is 85.9 Å². The molecular formula is C20H34O3. The molecule has 0 unspecified atom stereocenters. The number of aliphatic hydroxyl groups is 3. The van der Waals surface area contributed by atoms with Gasteiger partial charge >= 0.3 is 0 Å². The van der Waals surface area contributed by atoms with Crippen molar-refractivity contribution < 1.29 is 15.3 Å². The maximum absolute atomic E-state index is 11.4. The van der Waals surface area contributed by atoms with Gasteiger partial charge in [-0.3, -0.25) is 0 Å². The summed E-state index contributed by atoms with van der Waals surface area (Å²) in [6.07, 6.45) is 8.90. The second-order valence-corrected chi connectivity index (χ2v) is 9.76. The van der Waals surface area contributed by atoms with Crippen LogP contribution in [0.4, 0.5) is 0 Å². The van der Waals surface area contributed by atoms with Crippen LogP contribution in [0.25, 0.3) is 0 Å². The molecular weight excluding hydrogens is 288 g/mol. The first-order valence-electron chi connectivity index (χ1n) is 9.85. The fourth-order valence-electron chi connectivity index (χ4n) is 7.64. The van der Waals surface area contributed by atoms with Crippen molar-refractivity contribution in [2.45, 2.75) is 83.3 Å². The van der Waals surface area contributed by atoms with E-state index in [2.05, 4.69) is 13.8 Å². The largest absolute Gasteiger partial charge is 0.396 e. The number of hydrogen-bond donors (Lipinski definition) is 3. The summed E-state index contributed by atoms with van der Waals surface area (Å²) >= 11 is 0. The molecule has 8 atom stereocenters. The van der Waals surface area contributed by atoms with Crippen LogP contribution >= 0.6 is 0 Å². The summed E-state index contributed by atoms with van der Waals surface area (Å²) < 4.78 is 0. The SMILES string of the molecule is C[C@]12CC[C@H]3[C@@H](CC[C@@]4(O)C[C@H](O)CC[C@]34C)[C@@H]1CC[C@@H]2CO. The molecule has 0 radical (unpaired) electrons. The molecule has 0 aromatic carbocycles. The van der Waals surface area contributed by atoms with Gasteiger partial charge < -0.3 is 15.3 Å². The Bertz CT molecular complexity index is 480. The van der Waals surface area contributed by atoms with Crippen molar-refractivity contribution in [3.8, 4) is 0 Å². The molecule has 23 heavy (non-hydrogen) atoms. The second-order valence-electron chi connectivity index (χ2n) is 9.76. The molecule has 0 aromatic rings. The number of fused-ring (bicyclic) bond motifs is 5. The van der Waals surface area contributed by atoms with Gasteiger partial charge in [0.05, 0.1) is 11.7 Å². The van der Waals surface area contributed by atoms with Gasteiger partial charge in [-0.2, -0.15) is 0 Å². The minimum absolute atomic E-state index is 0.0201. The highest BCUT2D eigenvalue weighted by atomic mass is 16.3. The summed E-state index contributed by atoms with van der Waals surface area (Å²) in [6, 6.07) is 0. The highest BCUT2D eigenvalue weighted by Crippen LogP contribution is 2.68. The molecule has 132 valence electrons.